The highest BCUT2D eigenvalue weighted by Crippen LogP contribution is 2.26. The monoisotopic (exact) mass is 545 g/mol. The van der Waals surface area contributed by atoms with Crippen LogP contribution in [0.15, 0.2) is 69.1 Å². The van der Waals surface area contributed by atoms with Gasteiger partial charge in [-0.15, -0.1) is 10.2 Å². The van der Waals surface area contributed by atoms with Gasteiger partial charge in [-0.3, -0.25) is 9.52 Å². The number of aryl methyl sites for hydroxylation is 1. The summed E-state index contributed by atoms with van der Waals surface area (Å²) >= 11 is 2.06. The molecule has 186 valence electrons. The van der Waals surface area contributed by atoms with Crippen LogP contribution in [0.5, 0.6) is 0 Å². The van der Waals surface area contributed by atoms with Crippen LogP contribution in [-0.2, 0) is 19.6 Å². The molecule has 4 rings (SSSR count). The Balaban J connectivity index is 1.33. The zero-order valence-corrected chi connectivity index (χ0v) is 21.4. The lowest BCUT2D eigenvalue weighted by Gasteiger charge is -2.08. The molecule has 0 saturated heterocycles. The van der Waals surface area contributed by atoms with Crippen molar-refractivity contribution in [2.24, 2.45) is 0 Å². The molecule has 2 N–H and O–H groups in total. The van der Waals surface area contributed by atoms with Gasteiger partial charge in [-0.25, -0.2) is 18.2 Å². The van der Waals surface area contributed by atoms with Crippen molar-refractivity contribution in [3.63, 3.8) is 0 Å². The van der Waals surface area contributed by atoms with E-state index in [1.54, 1.807) is 49.4 Å². The molecule has 36 heavy (non-hydrogen) atoms. The van der Waals surface area contributed by atoms with Gasteiger partial charge in [0, 0.05) is 11.3 Å². The summed E-state index contributed by atoms with van der Waals surface area (Å²) in [5.41, 5.74) is 1.42. The van der Waals surface area contributed by atoms with E-state index in [2.05, 4.69) is 30.0 Å². The summed E-state index contributed by atoms with van der Waals surface area (Å²) in [6, 6.07) is 14.5. The smallest absolute Gasteiger partial charge is 0.350 e. The average Bonchev–Trinajstić information content (AvgIpc) is 3.49. The Labute approximate surface area is 214 Å². The van der Waals surface area contributed by atoms with E-state index in [1.165, 1.54) is 19.2 Å². The number of rotatable bonds is 9. The zero-order valence-electron chi connectivity index (χ0n) is 18.9. The molecule has 14 heteroatoms. The van der Waals surface area contributed by atoms with Crippen LogP contribution in [0, 0.1) is 6.92 Å². The van der Waals surface area contributed by atoms with Crippen molar-refractivity contribution in [1.82, 2.24) is 15.2 Å². The molecule has 4 aromatic rings. The van der Waals surface area contributed by atoms with Crippen molar-refractivity contribution >= 4 is 55.8 Å². The molecule has 0 aliphatic carbocycles. The summed E-state index contributed by atoms with van der Waals surface area (Å²) in [5.74, 6) is -0.679. The molecule has 2 aromatic carbocycles. The average molecular weight is 546 g/mol. The molecule has 0 radical (unpaired) electrons. The van der Waals surface area contributed by atoms with Crippen LogP contribution in [0.3, 0.4) is 0 Å². The highest BCUT2D eigenvalue weighted by atomic mass is 32.2. The third kappa shape index (κ3) is 6.08. The highest BCUT2D eigenvalue weighted by molar-refractivity contribution is 7.99. The Morgan fingerprint density at radius 3 is 2.50 bits per heavy atom. The van der Waals surface area contributed by atoms with Crippen molar-refractivity contribution < 1.29 is 27.2 Å². The first-order chi connectivity index (χ1) is 17.2. The second kappa shape index (κ2) is 10.9. The third-order valence-electron chi connectivity index (χ3n) is 4.58. The molecule has 2 heterocycles. The molecule has 0 fully saturated rings. The Morgan fingerprint density at radius 1 is 1.08 bits per heavy atom. The number of hydrogen-bond donors (Lipinski definition) is 2. The predicted octanol–water partition coefficient (Wildman–Crippen LogP) is 3.82. The summed E-state index contributed by atoms with van der Waals surface area (Å²) in [6.45, 7) is 1.65. The van der Waals surface area contributed by atoms with Crippen LogP contribution in [0.1, 0.15) is 15.4 Å². The van der Waals surface area contributed by atoms with Crippen molar-refractivity contribution in [2.45, 2.75) is 17.0 Å². The number of hydrogen-bond acceptors (Lipinski definition) is 11. The number of ether oxygens (including phenoxy) is 1. The molecular weight excluding hydrogens is 526 g/mol. The number of thiazole rings is 1. The van der Waals surface area contributed by atoms with Crippen LogP contribution in [0.25, 0.3) is 11.5 Å². The standard InChI is InChI=1S/C22H19N5O6S3/c1-13-18(20(29)32-2)35-21(23-13)24-17(28)12-34-22-26-25-19(33-22)14-8-10-15(11-9-14)27-36(30,31)16-6-4-3-5-7-16/h3-11,27H,12H2,1-2H3,(H,23,24,28). The van der Waals surface area contributed by atoms with Crippen molar-refractivity contribution in [1.29, 1.82) is 0 Å². The van der Waals surface area contributed by atoms with Crippen LogP contribution in [0.2, 0.25) is 0 Å². The Hall–Kier alpha value is -3.75. The SMILES string of the molecule is COC(=O)c1sc(NC(=O)CSc2nnc(-c3ccc(NS(=O)(=O)c4ccccc4)cc3)o2)nc1C. The second-order valence-electron chi connectivity index (χ2n) is 7.13. The fourth-order valence-electron chi connectivity index (χ4n) is 2.89. The number of esters is 1. The molecule has 11 nitrogen and oxygen atoms in total. The molecule has 1 amide bonds. The maximum atomic E-state index is 12.5. The molecule has 0 aliphatic rings. The molecule has 0 bridgehead atoms. The van der Waals surface area contributed by atoms with Crippen LogP contribution < -0.4 is 10.0 Å². The van der Waals surface area contributed by atoms with Crippen molar-refractivity contribution in [3.05, 3.63) is 65.2 Å². The predicted molar refractivity (Wildman–Crippen MR) is 135 cm³/mol. The van der Waals surface area contributed by atoms with Gasteiger partial charge >= 0.3 is 5.97 Å². The van der Waals surface area contributed by atoms with E-state index in [0.29, 0.717) is 21.8 Å². The summed E-state index contributed by atoms with van der Waals surface area (Å²) in [6.07, 6.45) is 0. The number of sulfonamides is 1. The fraction of sp³-hybridized carbons (Fsp3) is 0.136. The van der Waals surface area contributed by atoms with Crippen molar-refractivity contribution in [2.75, 3.05) is 22.9 Å². The third-order valence-corrected chi connectivity index (χ3v) is 7.85. The largest absolute Gasteiger partial charge is 0.465 e. The first-order valence-corrected chi connectivity index (χ1v) is 13.5. The topological polar surface area (TPSA) is 153 Å². The number of aromatic nitrogens is 3. The lowest BCUT2D eigenvalue weighted by atomic mass is 10.2. The van der Waals surface area contributed by atoms with Gasteiger partial charge < -0.3 is 14.5 Å². The summed E-state index contributed by atoms with van der Waals surface area (Å²) in [5, 5.41) is 11.0. The number of carbonyl (C=O) groups is 2. The number of benzene rings is 2. The molecule has 0 saturated carbocycles. The first-order valence-electron chi connectivity index (χ1n) is 10.3. The van der Waals surface area contributed by atoms with E-state index < -0.39 is 16.0 Å². The van der Waals surface area contributed by atoms with Gasteiger partial charge in [-0.1, -0.05) is 41.3 Å². The Bertz CT molecular complexity index is 1480. The molecule has 0 unspecified atom stereocenters. The minimum atomic E-state index is -3.70. The van der Waals surface area contributed by atoms with E-state index in [1.807, 2.05) is 0 Å². The van der Waals surface area contributed by atoms with Gasteiger partial charge in [0.1, 0.15) is 4.88 Å². The maximum absolute atomic E-state index is 12.5. The van der Waals surface area contributed by atoms with Crippen LogP contribution in [0.4, 0.5) is 10.8 Å². The van der Waals surface area contributed by atoms with Gasteiger partial charge in [0.15, 0.2) is 5.13 Å². The zero-order chi connectivity index (χ0) is 25.7. The molecule has 0 aliphatic heterocycles. The number of carbonyl (C=O) groups excluding carboxylic acids is 2. The van der Waals surface area contributed by atoms with Gasteiger partial charge in [0.25, 0.3) is 15.2 Å². The van der Waals surface area contributed by atoms with E-state index in [4.69, 9.17) is 4.42 Å². The lowest BCUT2D eigenvalue weighted by molar-refractivity contribution is -0.113. The van der Waals surface area contributed by atoms with Crippen molar-refractivity contribution in [3.8, 4) is 11.5 Å². The van der Waals surface area contributed by atoms with E-state index in [9.17, 15) is 18.0 Å². The van der Waals surface area contributed by atoms with Gasteiger partial charge in [-0.2, -0.15) is 0 Å². The van der Waals surface area contributed by atoms with E-state index >= 15 is 0 Å². The highest BCUT2D eigenvalue weighted by Gasteiger charge is 2.18. The Morgan fingerprint density at radius 2 is 1.81 bits per heavy atom. The molecule has 0 spiro atoms. The number of anilines is 2. The number of nitrogens with one attached hydrogen (secondary N) is 2. The summed E-state index contributed by atoms with van der Waals surface area (Å²) in [4.78, 5) is 28.6. The van der Waals surface area contributed by atoms with E-state index in [0.717, 1.165) is 23.1 Å². The minimum absolute atomic E-state index is 0.0198. The first kappa shape index (κ1) is 25.3. The normalized spacial score (nSPS) is 11.2. The number of nitrogens with zero attached hydrogens (tertiary/aromatic N) is 3. The molecule has 0 atom stereocenters. The van der Waals surface area contributed by atoms with E-state index in [-0.39, 0.29) is 32.8 Å². The Kier molecular flexibility index (Phi) is 7.67. The summed E-state index contributed by atoms with van der Waals surface area (Å²) < 4.78 is 37.7. The van der Waals surface area contributed by atoms with Crippen LogP contribution in [-0.4, -0.2) is 48.3 Å². The lowest BCUT2D eigenvalue weighted by Crippen LogP contribution is -2.13. The van der Waals surface area contributed by atoms with Gasteiger partial charge in [0.05, 0.1) is 23.5 Å². The number of amides is 1. The number of methoxy groups -OCH3 is 1. The minimum Gasteiger partial charge on any atom is -0.465 e. The molecular formula is C22H19N5O6S3. The fourth-order valence-corrected chi connectivity index (χ4v) is 5.44. The maximum Gasteiger partial charge on any atom is 0.350 e. The quantitative estimate of drug-likeness (QED) is 0.234. The van der Waals surface area contributed by atoms with Gasteiger partial charge in [0.2, 0.25) is 11.8 Å². The number of thioether (sulfide) groups is 1. The second-order valence-corrected chi connectivity index (χ2v) is 10.7. The molecule has 2 aromatic heterocycles. The van der Waals surface area contributed by atoms with Crippen LogP contribution >= 0.6 is 23.1 Å². The summed E-state index contributed by atoms with van der Waals surface area (Å²) in [7, 11) is -2.43. The van der Waals surface area contributed by atoms with Gasteiger partial charge in [-0.05, 0) is 43.3 Å².